The summed E-state index contributed by atoms with van der Waals surface area (Å²) in [5, 5.41) is 10.9. The Morgan fingerprint density at radius 3 is 2.67 bits per heavy atom. The number of fused-ring (bicyclic) bond motifs is 1. The predicted octanol–water partition coefficient (Wildman–Crippen LogP) is 2.86. The van der Waals surface area contributed by atoms with Crippen molar-refractivity contribution in [3.63, 3.8) is 0 Å². The van der Waals surface area contributed by atoms with Gasteiger partial charge in [0, 0.05) is 11.4 Å². The fourth-order valence-electron chi connectivity index (χ4n) is 3.45. The molecule has 2 N–H and O–H groups in total. The molecule has 3 rings (SSSR count). The molecule has 2 amide bonds. The maximum atomic E-state index is 12.8. The Labute approximate surface area is 163 Å². The highest BCUT2D eigenvalue weighted by atomic mass is 32.1. The number of amides is 2. The van der Waals surface area contributed by atoms with Crippen LogP contribution in [-0.2, 0) is 24.2 Å². The van der Waals surface area contributed by atoms with E-state index in [2.05, 4.69) is 20.7 Å². The molecule has 0 saturated carbocycles. The van der Waals surface area contributed by atoms with Gasteiger partial charge in [-0.25, -0.2) is 9.67 Å². The summed E-state index contributed by atoms with van der Waals surface area (Å²) in [5.41, 5.74) is 1.77. The first-order valence-electron chi connectivity index (χ1n) is 9.52. The van der Waals surface area contributed by atoms with Gasteiger partial charge in [0.2, 0.25) is 5.91 Å². The molecular formula is C19H27N5O2S. The van der Waals surface area contributed by atoms with Crippen LogP contribution in [0.25, 0.3) is 0 Å². The first-order chi connectivity index (χ1) is 12.9. The number of aromatic nitrogens is 3. The van der Waals surface area contributed by atoms with Crippen molar-refractivity contribution in [2.24, 2.45) is 5.92 Å². The van der Waals surface area contributed by atoms with Crippen molar-refractivity contribution >= 4 is 28.2 Å². The third-order valence-corrected chi connectivity index (χ3v) is 6.04. The van der Waals surface area contributed by atoms with Gasteiger partial charge in [-0.15, -0.1) is 11.3 Å². The summed E-state index contributed by atoms with van der Waals surface area (Å²) in [5.74, 6) is 1.01. The zero-order chi connectivity index (χ0) is 19.6. The van der Waals surface area contributed by atoms with E-state index in [1.165, 1.54) is 4.88 Å². The number of anilines is 1. The molecule has 0 radical (unpaired) electrons. The van der Waals surface area contributed by atoms with Crippen LogP contribution >= 0.6 is 11.3 Å². The summed E-state index contributed by atoms with van der Waals surface area (Å²) in [6.07, 6.45) is 4.11. The molecule has 2 heterocycles. The number of nitrogens with zero attached hydrogens (tertiary/aromatic N) is 3. The maximum absolute atomic E-state index is 12.8. The number of hydrogen-bond donors (Lipinski definition) is 2. The van der Waals surface area contributed by atoms with Crippen LogP contribution in [0.5, 0.6) is 0 Å². The van der Waals surface area contributed by atoms with E-state index in [0.29, 0.717) is 29.5 Å². The lowest BCUT2D eigenvalue weighted by molar-refractivity contribution is -0.119. The largest absolute Gasteiger partial charge is 0.352 e. The van der Waals surface area contributed by atoms with E-state index in [9.17, 15) is 9.59 Å². The Morgan fingerprint density at radius 2 is 2.00 bits per heavy atom. The maximum Gasteiger partial charge on any atom is 0.254 e. The van der Waals surface area contributed by atoms with Gasteiger partial charge in [-0.1, -0.05) is 6.92 Å². The number of rotatable bonds is 6. The van der Waals surface area contributed by atoms with Gasteiger partial charge in [-0.3, -0.25) is 9.59 Å². The van der Waals surface area contributed by atoms with E-state index < -0.39 is 0 Å². The van der Waals surface area contributed by atoms with Gasteiger partial charge in [-0.2, -0.15) is 5.10 Å². The summed E-state index contributed by atoms with van der Waals surface area (Å²) < 4.78 is 1.75. The Kier molecular flexibility index (Phi) is 5.94. The van der Waals surface area contributed by atoms with Gasteiger partial charge in [-0.05, 0) is 52.0 Å². The molecule has 0 fully saturated rings. The van der Waals surface area contributed by atoms with E-state index in [-0.39, 0.29) is 17.7 Å². The number of carbonyl (C=O) groups is 2. The Morgan fingerprint density at radius 1 is 1.26 bits per heavy atom. The minimum Gasteiger partial charge on any atom is -0.352 e. The van der Waals surface area contributed by atoms with Crippen molar-refractivity contribution in [2.75, 3.05) is 11.9 Å². The molecule has 1 aliphatic carbocycles. The van der Waals surface area contributed by atoms with E-state index in [0.717, 1.165) is 37.1 Å². The van der Waals surface area contributed by atoms with Crippen LogP contribution in [0.1, 0.15) is 59.1 Å². The van der Waals surface area contributed by atoms with Crippen molar-refractivity contribution in [3.8, 4) is 0 Å². The van der Waals surface area contributed by atoms with Crippen molar-refractivity contribution in [3.05, 3.63) is 27.7 Å². The van der Waals surface area contributed by atoms with Gasteiger partial charge in [0.15, 0.2) is 0 Å². The highest BCUT2D eigenvalue weighted by Crippen LogP contribution is 2.38. The van der Waals surface area contributed by atoms with E-state index >= 15 is 0 Å². The average molecular weight is 390 g/mol. The van der Waals surface area contributed by atoms with E-state index in [4.69, 9.17) is 0 Å². The fraction of sp³-hybridized carbons (Fsp3) is 0.579. The molecule has 146 valence electrons. The molecule has 2 aromatic heterocycles. The summed E-state index contributed by atoms with van der Waals surface area (Å²) >= 11 is 1.55. The van der Waals surface area contributed by atoms with Crippen LogP contribution in [-0.4, -0.2) is 33.1 Å². The quantitative estimate of drug-likeness (QED) is 0.795. The normalized spacial score (nSPS) is 14.5. The van der Waals surface area contributed by atoms with E-state index in [1.54, 1.807) is 16.0 Å². The molecule has 0 spiro atoms. The second-order valence-corrected chi connectivity index (χ2v) is 8.16. The van der Waals surface area contributed by atoms with Gasteiger partial charge in [0.05, 0.1) is 18.0 Å². The molecule has 27 heavy (non-hydrogen) atoms. The summed E-state index contributed by atoms with van der Waals surface area (Å²) in [4.78, 5) is 30.9. The number of nitrogens with one attached hydrogen (secondary N) is 2. The SMILES string of the molecule is CCNC(=O)c1c(NC(=O)[C@@H](C)Cn2nc(C)nc2C)sc2c1CCCC2. The van der Waals surface area contributed by atoms with E-state index in [1.807, 2.05) is 27.7 Å². The lowest BCUT2D eigenvalue weighted by atomic mass is 9.95. The molecule has 2 aromatic rings. The first kappa shape index (κ1) is 19.5. The third kappa shape index (κ3) is 4.21. The van der Waals surface area contributed by atoms with Crippen LogP contribution in [0.15, 0.2) is 0 Å². The minimum atomic E-state index is -0.286. The number of carbonyl (C=O) groups excluding carboxylic acids is 2. The van der Waals surface area contributed by atoms with Crippen molar-refractivity contribution in [1.82, 2.24) is 20.1 Å². The molecule has 1 atom stereocenters. The van der Waals surface area contributed by atoms with Crippen LogP contribution in [0, 0.1) is 19.8 Å². The molecule has 1 aliphatic rings. The highest BCUT2D eigenvalue weighted by molar-refractivity contribution is 7.17. The smallest absolute Gasteiger partial charge is 0.254 e. The Balaban J connectivity index is 1.79. The number of hydrogen-bond acceptors (Lipinski definition) is 5. The summed E-state index contributed by atoms with van der Waals surface area (Å²) in [6, 6.07) is 0. The molecule has 0 bridgehead atoms. The van der Waals surface area contributed by atoms with Gasteiger partial charge in [0.25, 0.3) is 5.91 Å². The minimum absolute atomic E-state index is 0.0948. The van der Waals surface area contributed by atoms with Crippen LogP contribution in [0.3, 0.4) is 0 Å². The average Bonchev–Trinajstić information content (AvgIpc) is 3.13. The van der Waals surface area contributed by atoms with Crippen molar-refractivity contribution in [2.45, 2.75) is 59.9 Å². The molecule has 0 aromatic carbocycles. The lowest BCUT2D eigenvalue weighted by Gasteiger charge is -2.14. The molecule has 8 heteroatoms. The summed E-state index contributed by atoms with van der Waals surface area (Å²) in [7, 11) is 0. The van der Waals surface area contributed by atoms with Crippen LogP contribution in [0.4, 0.5) is 5.00 Å². The summed E-state index contributed by atoms with van der Waals surface area (Å²) in [6.45, 7) is 8.51. The van der Waals surface area contributed by atoms with Crippen LogP contribution in [0.2, 0.25) is 0 Å². The molecule has 7 nitrogen and oxygen atoms in total. The molecule has 0 unspecified atom stereocenters. The molecule has 0 saturated heterocycles. The van der Waals surface area contributed by atoms with Gasteiger partial charge < -0.3 is 10.6 Å². The zero-order valence-electron chi connectivity index (χ0n) is 16.4. The highest BCUT2D eigenvalue weighted by Gasteiger charge is 2.27. The van der Waals surface area contributed by atoms with Crippen molar-refractivity contribution < 1.29 is 9.59 Å². The molecular weight excluding hydrogens is 362 g/mol. The Bertz CT molecular complexity index is 855. The second-order valence-electron chi connectivity index (χ2n) is 7.05. The predicted molar refractivity (Wildman–Crippen MR) is 106 cm³/mol. The Hall–Kier alpha value is -2.22. The molecule has 0 aliphatic heterocycles. The topological polar surface area (TPSA) is 88.9 Å². The monoisotopic (exact) mass is 389 g/mol. The number of thiophene rings is 1. The third-order valence-electron chi connectivity index (χ3n) is 4.83. The lowest BCUT2D eigenvalue weighted by Crippen LogP contribution is -2.28. The zero-order valence-corrected chi connectivity index (χ0v) is 17.2. The number of aryl methyl sites for hydroxylation is 3. The van der Waals surface area contributed by atoms with Crippen molar-refractivity contribution in [1.29, 1.82) is 0 Å². The first-order valence-corrected chi connectivity index (χ1v) is 10.3. The van der Waals surface area contributed by atoms with Crippen LogP contribution < -0.4 is 10.6 Å². The van der Waals surface area contributed by atoms with Gasteiger partial charge in [0.1, 0.15) is 16.6 Å². The second kappa shape index (κ2) is 8.21. The van der Waals surface area contributed by atoms with Gasteiger partial charge >= 0.3 is 0 Å². The standard InChI is InChI=1S/C19H27N5O2S/c1-5-20-18(26)16-14-8-6-7-9-15(14)27-19(16)22-17(25)11(2)10-24-13(4)21-12(3)23-24/h11H,5-10H2,1-4H3,(H,20,26)(H,22,25)/t11-/m0/s1. The fourth-order valence-corrected chi connectivity index (χ4v) is 4.74.